The number of hydrogen-bond acceptors (Lipinski definition) is 4. The van der Waals surface area contributed by atoms with Gasteiger partial charge in [0, 0.05) is 5.75 Å². The second-order valence-corrected chi connectivity index (χ2v) is 5.07. The fraction of sp³-hybridized carbons (Fsp3) is 0.714. The minimum absolute atomic E-state index is 0.0416. The standard InChI is InChI=1S/C7H11O2S2/c1-3-9-7(8)6-4-10-5(2)11-6/h6H,3-4H2,1-2H3. The van der Waals surface area contributed by atoms with Gasteiger partial charge in [-0.2, -0.15) is 0 Å². The number of carbonyl (C=O) groups excluding carboxylic acids is 1. The Morgan fingerprint density at radius 1 is 1.82 bits per heavy atom. The summed E-state index contributed by atoms with van der Waals surface area (Å²) in [5, 5.41) is 0.0416. The maximum absolute atomic E-state index is 11.1. The molecule has 0 saturated carbocycles. The zero-order valence-corrected chi connectivity index (χ0v) is 8.26. The Labute approximate surface area is 75.4 Å². The summed E-state index contributed by atoms with van der Waals surface area (Å²) in [4.78, 5) is 11.1. The molecule has 1 radical (unpaired) electrons. The van der Waals surface area contributed by atoms with Gasteiger partial charge in [-0.05, 0) is 13.8 Å². The molecule has 1 unspecified atom stereocenters. The molecule has 0 aromatic heterocycles. The zero-order chi connectivity index (χ0) is 8.27. The molecular formula is C7H11O2S2. The van der Waals surface area contributed by atoms with Crippen LogP contribution in [0.15, 0.2) is 0 Å². The molecule has 2 nitrogen and oxygen atoms in total. The molecule has 1 heterocycles. The molecule has 11 heavy (non-hydrogen) atoms. The van der Waals surface area contributed by atoms with Crippen molar-refractivity contribution in [3.05, 3.63) is 4.58 Å². The Morgan fingerprint density at radius 2 is 2.55 bits per heavy atom. The molecule has 1 fully saturated rings. The van der Waals surface area contributed by atoms with E-state index >= 15 is 0 Å². The van der Waals surface area contributed by atoms with Crippen LogP contribution in [0.1, 0.15) is 13.8 Å². The van der Waals surface area contributed by atoms with Crippen LogP contribution in [0, 0.1) is 4.58 Å². The maximum Gasteiger partial charge on any atom is 0.319 e. The van der Waals surface area contributed by atoms with Crippen molar-refractivity contribution < 1.29 is 9.53 Å². The van der Waals surface area contributed by atoms with Gasteiger partial charge in [-0.15, -0.1) is 23.5 Å². The second-order valence-electron chi connectivity index (χ2n) is 2.16. The van der Waals surface area contributed by atoms with E-state index in [4.69, 9.17) is 4.74 Å². The van der Waals surface area contributed by atoms with Gasteiger partial charge >= 0.3 is 5.97 Å². The largest absolute Gasteiger partial charge is 0.465 e. The van der Waals surface area contributed by atoms with Crippen LogP contribution in [0.25, 0.3) is 0 Å². The average Bonchev–Trinajstić information content (AvgIpc) is 2.36. The SMILES string of the molecule is CCOC(=O)C1CS[C](C)S1. The Kier molecular flexibility index (Phi) is 3.59. The number of hydrogen-bond donors (Lipinski definition) is 0. The molecule has 1 saturated heterocycles. The number of thioether (sulfide) groups is 2. The van der Waals surface area contributed by atoms with Gasteiger partial charge in [-0.25, -0.2) is 0 Å². The Balaban J connectivity index is 2.31. The monoisotopic (exact) mass is 191 g/mol. The van der Waals surface area contributed by atoms with Gasteiger partial charge in [0.25, 0.3) is 0 Å². The summed E-state index contributed by atoms with van der Waals surface area (Å²) < 4.78 is 6.15. The molecule has 0 spiro atoms. The Morgan fingerprint density at radius 3 is 3.00 bits per heavy atom. The van der Waals surface area contributed by atoms with Crippen LogP contribution in [-0.4, -0.2) is 23.6 Å². The first-order chi connectivity index (χ1) is 5.24. The van der Waals surface area contributed by atoms with Crippen molar-refractivity contribution in [2.45, 2.75) is 19.1 Å². The smallest absolute Gasteiger partial charge is 0.319 e. The van der Waals surface area contributed by atoms with Crippen LogP contribution in [0.5, 0.6) is 0 Å². The van der Waals surface area contributed by atoms with E-state index in [2.05, 4.69) is 0 Å². The van der Waals surface area contributed by atoms with Crippen molar-refractivity contribution in [2.75, 3.05) is 12.4 Å². The van der Waals surface area contributed by atoms with Crippen LogP contribution >= 0.6 is 23.5 Å². The molecule has 0 amide bonds. The minimum Gasteiger partial charge on any atom is -0.465 e. The van der Waals surface area contributed by atoms with Crippen LogP contribution in [0.2, 0.25) is 0 Å². The number of esters is 1. The molecule has 1 aliphatic heterocycles. The van der Waals surface area contributed by atoms with Crippen molar-refractivity contribution in [2.24, 2.45) is 0 Å². The van der Waals surface area contributed by atoms with Crippen LogP contribution in [0.4, 0.5) is 0 Å². The van der Waals surface area contributed by atoms with E-state index in [1.54, 1.807) is 23.5 Å². The third-order valence-corrected chi connectivity index (χ3v) is 4.03. The van der Waals surface area contributed by atoms with Gasteiger partial charge in [0.05, 0.1) is 11.2 Å². The summed E-state index contributed by atoms with van der Waals surface area (Å²) in [5.41, 5.74) is 0. The van der Waals surface area contributed by atoms with E-state index in [-0.39, 0.29) is 11.2 Å². The van der Waals surface area contributed by atoms with E-state index < -0.39 is 0 Å². The zero-order valence-electron chi connectivity index (χ0n) is 6.62. The molecule has 0 N–H and O–H groups in total. The summed E-state index contributed by atoms with van der Waals surface area (Å²) in [6.07, 6.45) is 0. The van der Waals surface area contributed by atoms with E-state index in [1.165, 1.54) is 4.58 Å². The van der Waals surface area contributed by atoms with Gasteiger partial charge in [0.2, 0.25) is 0 Å². The first kappa shape index (κ1) is 9.26. The highest BCUT2D eigenvalue weighted by Gasteiger charge is 2.30. The van der Waals surface area contributed by atoms with Gasteiger partial charge < -0.3 is 4.74 Å². The van der Waals surface area contributed by atoms with Gasteiger partial charge in [0.15, 0.2) is 0 Å². The first-order valence-electron chi connectivity index (χ1n) is 3.53. The van der Waals surface area contributed by atoms with Crippen LogP contribution in [-0.2, 0) is 9.53 Å². The summed E-state index contributed by atoms with van der Waals surface area (Å²) in [6.45, 7) is 4.36. The molecule has 63 valence electrons. The van der Waals surface area contributed by atoms with E-state index in [0.29, 0.717) is 6.61 Å². The number of rotatable bonds is 2. The number of ether oxygens (including phenoxy) is 1. The number of carbonyl (C=O) groups is 1. The second kappa shape index (κ2) is 4.26. The third kappa shape index (κ3) is 2.60. The van der Waals surface area contributed by atoms with Crippen LogP contribution < -0.4 is 0 Å². The van der Waals surface area contributed by atoms with E-state index in [9.17, 15) is 4.79 Å². The lowest BCUT2D eigenvalue weighted by Crippen LogP contribution is -2.19. The summed E-state index contributed by atoms with van der Waals surface area (Å²) in [6, 6.07) is 0. The van der Waals surface area contributed by atoms with Crippen LogP contribution in [0.3, 0.4) is 0 Å². The predicted molar refractivity (Wildman–Crippen MR) is 49.4 cm³/mol. The van der Waals surface area contributed by atoms with E-state index in [1.807, 2.05) is 13.8 Å². The van der Waals surface area contributed by atoms with Crippen molar-refractivity contribution in [3.8, 4) is 0 Å². The van der Waals surface area contributed by atoms with E-state index in [0.717, 1.165) is 5.75 Å². The fourth-order valence-corrected chi connectivity index (χ4v) is 3.20. The molecule has 0 aromatic rings. The fourth-order valence-electron chi connectivity index (χ4n) is 0.813. The topological polar surface area (TPSA) is 26.3 Å². The van der Waals surface area contributed by atoms with Gasteiger partial charge in [0.1, 0.15) is 5.25 Å². The molecule has 0 bridgehead atoms. The summed E-state index contributed by atoms with van der Waals surface area (Å²) >= 11 is 3.36. The highest BCUT2D eigenvalue weighted by Crippen LogP contribution is 2.43. The summed E-state index contributed by atoms with van der Waals surface area (Å²) in [7, 11) is 0. The lowest BCUT2D eigenvalue weighted by Gasteiger charge is -2.05. The van der Waals surface area contributed by atoms with Crippen molar-refractivity contribution >= 4 is 29.5 Å². The predicted octanol–water partition coefficient (Wildman–Crippen LogP) is 1.91. The summed E-state index contributed by atoms with van der Waals surface area (Å²) in [5.74, 6) is 0.803. The quantitative estimate of drug-likeness (QED) is 0.623. The van der Waals surface area contributed by atoms with Crippen molar-refractivity contribution in [3.63, 3.8) is 0 Å². The average molecular weight is 191 g/mol. The first-order valence-corrected chi connectivity index (χ1v) is 5.40. The third-order valence-electron chi connectivity index (χ3n) is 1.30. The molecule has 0 aliphatic carbocycles. The molecule has 4 heteroatoms. The highest BCUT2D eigenvalue weighted by molar-refractivity contribution is 8.24. The molecule has 1 aliphatic rings. The Hall–Kier alpha value is 0.170. The molecule has 0 aromatic carbocycles. The highest BCUT2D eigenvalue weighted by atomic mass is 32.2. The van der Waals surface area contributed by atoms with Gasteiger partial charge in [-0.3, -0.25) is 4.79 Å². The maximum atomic E-state index is 11.1. The minimum atomic E-state index is -0.0677. The normalized spacial score (nSPS) is 25.5. The Bertz CT molecular complexity index is 149. The lowest BCUT2D eigenvalue weighted by atomic mass is 10.5. The van der Waals surface area contributed by atoms with Crippen molar-refractivity contribution in [1.29, 1.82) is 0 Å². The molecule has 1 atom stereocenters. The van der Waals surface area contributed by atoms with Crippen molar-refractivity contribution in [1.82, 2.24) is 0 Å². The lowest BCUT2D eigenvalue weighted by molar-refractivity contribution is -0.141. The van der Waals surface area contributed by atoms with Gasteiger partial charge in [-0.1, -0.05) is 0 Å². The molecule has 1 rings (SSSR count). The molecular weight excluding hydrogens is 180 g/mol.